The first-order chi connectivity index (χ1) is 17.7. The third-order valence-corrected chi connectivity index (χ3v) is 6.23. The Morgan fingerprint density at radius 3 is 2.51 bits per heavy atom. The van der Waals surface area contributed by atoms with E-state index in [-0.39, 0.29) is 29.5 Å². The maximum atomic E-state index is 14.7. The molecular formula is C25H20FN3O7S. The molecule has 2 amide bonds. The smallest absolute Gasteiger partial charge is 0.346 e. The van der Waals surface area contributed by atoms with Crippen LogP contribution in [0.25, 0.3) is 10.9 Å². The Bertz CT molecular complexity index is 1540. The van der Waals surface area contributed by atoms with Crippen LogP contribution in [-0.2, 0) is 6.61 Å². The third-order valence-electron chi connectivity index (χ3n) is 5.26. The molecule has 12 heteroatoms. The number of thiophene rings is 1. The van der Waals surface area contributed by atoms with E-state index < -0.39 is 34.2 Å². The van der Waals surface area contributed by atoms with Crippen molar-refractivity contribution in [3.8, 4) is 11.5 Å². The molecule has 0 spiro atoms. The molecule has 2 heterocycles. The Morgan fingerprint density at radius 1 is 1.05 bits per heavy atom. The van der Waals surface area contributed by atoms with Crippen LogP contribution in [0.15, 0.2) is 48.0 Å². The van der Waals surface area contributed by atoms with Gasteiger partial charge in [-0.25, -0.2) is 18.8 Å². The lowest BCUT2D eigenvalue weighted by molar-refractivity contribution is 0.0657. The molecule has 0 saturated carbocycles. The number of carbonyl (C=O) groups excluding carboxylic acids is 1. The lowest BCUT2D eigenvalue weighted by Crippen LogP contribution is -2.21. The largest absolute Gasteiger partial charge is 0.493 e. The van der Waals surface area contributed by atoms with Gasteiger partial charge in [-0.1, -0.05) is 18.2 Å². The number of carboxylic acids is 2. The molecule has 4 aromatic rings. The van der Waals surface area contributed by atoms with Gasteiger partial charge in [-0.05, 0) is 18.6 Å². The van der Waals surface area contributed by atoms with Gasteiger partial charge in [0.2, 0.25) is 0 Å². The standard InChI is InChI=1S/C25H20FN3O7S/c1-12-6-13-4-3-5-14(21(13)27-9-12)10-36-19-8-16(15(26)7-18(19)35-2)28-25(34)29-17-11-37-22(24(32)33)20(17)23(30)31/h3-9,11H,10H2,1-2H3,(H,30,31)(H,32,33)(H2,28,29,34). The number of nitrogens with zero attached hydrogens (tertiary/aromatic N) is 1. The van der Waals surface area contributed by atoms with Crippen molar-refractivity contribution < 1.29 is 38.5 Å². The van der Waals surface area contributed by atoms with Crippen molar-refractivity contribution >= 4 is 51.6 Å². The molecular weight excluding hydrogens is 505 g/mol. The molecule has 2 aromatic heterocycles. The van der Waals surface area contributed by atoms with E-state index in [2.05, 4.69) is 15.6 Å². The zero-order valence-corrected chi connectivity index (χ0v) is 20.3. The van der Waals surface area contributed by atoms with Crippen molar-refractivity contribution in [3.63, 3.8) is 0 Å². The minimum atomic E-state index is -1.53. The van der Waals surface area contributed by atoms with Gasteiger partial charge in [-0.15, -0.1) is 11.3 Å². The number of ether oxygens (including phenoxy) is 2. The van der Waals surface area contributed by atoms with Crippen molar-refractivity contribution in [2.75, 3.05) is 17.7 Å². The van der Waals surface area contributed by atoms with E-state index in [0.717, 1.165) is 28.1 Å². The van der Waals surface area contributed by atoms with Gasteiger partial charge < -0.3 is 30.3 Å². The van der Waals surface area contributed by atoms with Gasteiger partial charge >= 0.3 is 18.0 Å². The number of urea groups is 1. The number of halogens is 1. The molecule has 2 aromatic carbocycles. The first kappa shape index (κ1) is 25.4. The van der Waals surface area contributed by atoms with E-state index >= 15 is 0 Å². The molecule has 0 saturated heterocycles. The fourth-order valence-electron chi connectivity index (χ4n) is 3.60. The van der Waals surface area contributed by atoms with E-state index in [9.17, 15) is 23.9 Å². The number of pyridine rings is 1. The fourth-order valence-corrected chi connectivity index (χ4v) is 4.43. The summed E-state index contributed by atoms with van der Waals surface area (Å²) in [6.07, 6.45) is 1.74. The highest BCUT2D eigenvalue weighted by molar-refractivity contribution is 7.13. The van der Waals surface area contributed by atoms with Gasteiger partial charge in [0.15, 0.2) is 17.3 Å². The second kappa shape index (κ2) is 10.5. The lowest BCUT2D eigenvalue weighted by Gasteiger charge is -2.15. The molecule has 0 radical (unpaired) electrons. The van der Waals surface area contributed by atoms with Crippen LogP contribution >= 0.6 is 11.3 Å². The predicted molar refractivity (Wildman–Crippen MR) is 135 cm³/mol. The van der Waals surface area contributed by atoms with Crippen LogP contribution in [0.3, 0.4) is 0 Å². The third kappa shape index (κ3) is 5.43. The van der Waals surface area contributed by atoms with Crippen molar-refractivity contribution in [2.45, 2.75) is 13.5 Å². The Labute approximate surface area is 213 Å². The Kier molecular flexibility index (Phi) is 7.20. The first-order valence-corrected chi connectivity index (χ1v) is 11.6. The van der Waals surface area contributed by atoms with Crippen LogP contribution < -0.4 is 20.1 Å². The van der Waals surface area contributed by atoms with Gasteiger partial charge in [0, 0.05) is 34.7 Å². The minimum Gasteiger partial charge on any atom is -0.493 e. The Hall–Kier alpha value is -4.71. The number of nitrogens with one attached hydrogen (secondary N) is 2. The molecule has 0 aliphatic heterocycles. The number of rotatable bonds is 8. The summed E-state index contributed by atoms with van der Waals surface area (Å²) in [5, 5.41) is 25.1. The topological polar surface area (TPSA) is 147 Å². The molecule has 0 atom stereocenters. The summed E-state index contributed by atoms with van der Waals surface area (Å²) < 4.78 is 25.8. The molecule has 0 unspecified atom stereocenters. The maximum absolute atomic E-state index is 14.7. The molecule has 10 nitrogen and oxygen atoms in total. The number of amides is 2. The van der Waals surface area contributed by atoms with Crippen molar-refractivity contribution in [2.24, 2.45) is 0 Å². The monoisotopic (exact) mass is 525 g/mol. The van der Waals surface area contributed by atoms with Crippen LogP contribution in [-0.4, -0.2) is 40.3 Å². The van der Waals surface area contributed by atoms with E-state index in [1.165, 1.54) is 18.6 Å². The van der Waals surface area contributed by atoms with Gasteiger partial charge in [-0.3, -0.25) is 4.98 Å². The zero-order valence-electron chi connectivity index (χ0n) is 19.5. The number of aromatic carboxylic acids is 2. The normalized spacial score (nSPS) is 10.7. The second-order valence-corrected chi connectivity index (χ2v) is 8.70. The van der Waals surface area contributed by atoms with Gasteiger partial charge in [0.05, 0.1) is 24.0 Å². The summed E-state index contributed by atoms with van der Waals surface area (Å²) in [5.74, 6) is -3.59. The zero-order chi connectivity index (χ0) is 26.7. The number of benzene rings is 2. The average Bonchev–Trinajstić information content (AvgIpc) is 3.27. The first-order valence-electron chi connectivity index (χ1n) is 10.7. The number of para-hydroxylation sites is 1. The summed E-state index contributed by atoms with van der Waals surface area (Å²) in [5.41, 5.74) is 1.45. The Balaban J connectivity index is 1.55. The molecule has 4 rings (SSSR count). The number of carbonyl (C=O) groups is 3. The van der Waals surface area contributed by atoms with Crippen molar-refractivity contribution in [1.82, 2.24) is 4.98 Å². The van der Waals surface area contributed by atoms with E-state index in [4.69, 9.17) is 14.6 Å². The molecule has 0 fully saturated rings. The number of anilines is 2. The highest BCUT2D eigenvalue weighted by Gasteiger charge is 2.24. The van der Waals surface area contributed by atoms with Crippen LogP contribution in [0, 0.1) is 12.7 Å². The van der Waals surface area contributed by atoms with E-state index in [1.807, 2.05) is 31.2 Å². The quantitative estimate of drug-likeness (QED) is 0.240. The van der Waals surface area contributed by atoms with Crippen molar-refractivity contribution in [1.29, 1.82) is 0 Å². The summed E-state index contributed by atoms with van der Waals surface area (Å²) in [4.78, 5) is 39.2. The molecule has 0 aliphatic carbocycles. The van der Waals surface area contributed by atoms with Gasteiger partial charge in [-0.2, -0.15) is 0 Å². The number of hydrogen-bond acceptors (Lipinski definition) is 7. The highest BCUT2D eigenvalue weighted by atomic mass is 32.1. The summed E-state index contributed by atoms with van der Waals surface area (Å²) >= 11 is 0.639. The molecule has 0 aliphatic rings. The second-order valence-electron chi connectivity index (χ2n) is 7.82. The average molecular weight is 526 g/mol. The van der Waals surface area contributed by atoms with E-state index in [0.29, 0.717) is 11.3 Å². The molecule has 37 heavy (non-hydrogen) atoms. The van der Waals surface area contributed by atoms with Crippen LogP contribution in [0.1, 0.15) is 31.2 Å². The predicted octanol–water partition coefficient (Wildman–Crippen LogP) is 5.37. The number of carboxylic acid groups (broad SMARTS) is 2. The van der Waals surface area contributed by atoms with Gasteiger partial charge in [0.25, 0.3) is 0 Å². The highest BCUT2D eigenvalue weighted by Crippen LogP contribution is 2.34. The summed E-state index contributed by atoms with van der Waals surface area (Å²) in [6, 6.07) is 8.91. The maximum Gasteiger partial charge on any atom is 0.346 e. The van der Waals surface area contributed by atoms with Gasteiger partial charge in [0.1, 0.15) is 17.0 Å². The summed E-state index contributed by atoms with van der Waals surface area (Å²) in [7, 11) is 1.34. The number of methoxy groups -OCH3 is 1. The number of hydrogen-bond donors (Lipinski definition) is 4. The van der Waals surface area contributed by atoms with Crippen LogP contribution in [0.5, 0.6) is 11.5 Å². The van der Waals surface area contributed by atoms with Crippen LogP contribution in [0.4, 0.5) is 20.6 Å². The number of fused-ring (bicyclic) bond motifs is 1. The molecule has 190 valence electrons. The minimum absolute atomic E-state index is 0.0792. The van der Waals surface area contributed by atoms with E-state index in [1.54, 1.807) is 6.20 Å². The summed E-state index contributed by atoms with van der Waals surface area (Å²) in [6.45, 7) is 2.02. The molecule has 4 N–H and O–H groups in total. The Morgan fingerprint density at radius 2 is 1.81 bits per heavy atom. The number of aromatic nitrogens is 1. The lowest BCUT2D eigenvalue weighted by atomic mass is 10.1. The van der Waals surface area contributed by atoms with Crippen molar-refractivity contribution in [3.05, 3.63) is 75.4 Å². The SMILES string of the molecule is COc1cc(F)c(NC(=O)Nc2csc(C(=O)O)c2C(=O)O)cc1OCc1cccc2cc(C)cnc12. The van der Waals surface area contributed by atoms with Crippen LogP contribution in [0.2, 0.25) is 0 Å². The fraction of sp³-hybridized carbons (Fsp3) is 0.120. The number of aryl methyl sites for hydroxylation is 1. The molecule has 0 bridgehead atoms.